The van der Waals surface area contributed by atoms with Gasteiger partial charge in [-0.05, 0) is 56.5 Å². The van der Waals surface area contributed by atoms with Gasteiger partial charge in [-0.15, -0.1) is 0 Å². The van der Waals surface area contributed by atoms with E-state index in [9.17, 15) is 10.2 Å². The van der Waals surface area contributed by atoms with Crippen LogP contribution in [0.2, 0.25) is 0 Å². The van der Waals surface area contributed by atoms with Crippen molar-refractivity contribution in [1.82, 2.24) is 4.90 Å². The van der Waals surface area contributed by atoms with E-state index in [0.29, 0.717) is 24.8 Å². The molecule has 1 aliphatic heterocycles. The average molecular weight is 340 g/mol. The molecule has 1 saturated heterocycles. The number of nitrogens with one attached hydrogen (secondary N) is 1. The Balaban J connectivity index is 1.64. The van der Waals surface area contributed by atoms with Crippen LogP contribution in [0.5, 0.6) is 5.75 Å². The average Bonchev–Trinajstić information content (AvgIpc) is 2.64. The molecule has 1 aliphatic rings. The van der Waals surface area contributed by atoms with Crippen molar-refractivity contribution in [2.24, 2.45) is 5.92 Å². The van der Waals surface area contributed by atoms with Crippen LogP contribution in [0.3, 0.4) is 0 Å². The summed E-state index contributed by atoms with van der Waals surface area (Å²) in [5, 5.41) is 22.8. The highest BCUT2D eigenvalue weighted by molar-refractivity contribution is 5.52. The standard InChI is InChI=1S/C21H28N2O2/c1-16-6-7-21(25)19(12-16)13-22-20-5-3-2-4-18(20)14-23-10-8-17(15-24)9-11-23/h2-7,12,17,22,24-25H,8-11,13-15H2,1H3. The molecule has 1 heterocycles. The minimum Gasteiger partial charge on any atom is -0.508 e. The topological polar surface area (TPSA) is 55.7 Å². The molecule has 4 nitrogen and oxygen atoms in total. The molecular formula is C21H28N2O2. The molecule has 0 aromatic heterocycles. The Morgan fingerprint density at radius 2 is 1.84 bits per heavy atom. The molecule has 3 rings (SSSR count). The molecule has 2 aromatic carbocycles. The van der Waals surface area contributed by atoms with E-state index >= 15 is 0 Å². The lowest BCUT2D eigenvalue weighted by Gasteiger charge is -2.31. The maximum atomic E-state index is 10.0. The summed E-state index contributed by atoms with van der Waals surface area (Å²) in [5.41, 5.74) is 4.46. The van der Waals surface area contributed by atoms with Gasteiger partial charge in [0.15, 0.2) is 0 Å². The van der Waals surface area contributed by atoms with Crippen LogP contribution in [-0.2, 0) is 13.1 Å². The number of aliphatic hydroxyl groups excluding tert-OH is 1. The Morgan fingerprint density at radius 3 is 2.60 bits per heavy atom. The predicted octanol–water partition coefficient (Wildman–Crippen LogP) is 3.52. The number of phenols is 1. The first-order valence-electron chi connectivity index (χ1n) is 9.09. The molecule has 0 atom stereocenters. The summed E-state index contributed by atoms with van der Waals surface area (Å²) < 4.78 is 0. The third kappa shape index (κ3) is 4.74. The lowest BCUT2D eigenvalue weighted by atomic mass is 9.97. The Labute approximate surface area is 150 Å². The molecule has 2 aromatic rings. The summed E-state index contributed by atoms with van der Waals surface area (Å²) in [5.74, 6) is 0.801. The number of benzene rings is 2. The van der Waals surface area contributed by atoms with E-state index in [0.717, 1.165) is 49.3 Å². The number of anilines is 1. The van der Waals surface area contributed by atoms with Gasteiger partial charge in [0.1, 0.15) is 5.75 Å². The Hall–Kier alpha value is -2.04. The van der Waals surface area contributed by atoms with Crippen molar-refractivity contribution < 1.29 is 10.2 Å². The van der Waals surface area contributed by atoms with Crippen LogP contribution in [0.1, 0.15) is 29.5 Å². The van der Waals surface area contributed by atoms with Crippen molar-refractivity contribution in [3.8, 4) is 5.75 Å². The van der Waals surface area contributed by atoms with Gasteiger partial charge in [0.05, 0.1) is 0 Å². The van der Waals surface area contributed by atoms with Crippen molar-refractivity contribution in [3.63, 3.8) is 0 Å². The second-order valence-corrected chi connectivity index (χ2v) is 7.04. The second kappa shape index (κ2) is 8.37. The Morgan fingerprint density at radius 1 is 1.08 bits per heavy atom. The van der Waals surface area contributed by atoms with Gasteiger partial charge in [-0.1, -0.05) is 35.9 Å². The quantitative estimate of drug-likeness (QED) is 0.753. The lowest BCUT2D eigenvalue weighted by Crippen LogP contribution is -2.34. The van der Waals surface area contributed by atoms with Gasteiger partial charge in [-0.3, -0.25) is 4.90 Å². The molecule has 0 amide bonds. The number of hydrogen-bond donors (Lipinski definition) is 3. The van der Waals surface area contributed by atoms with Crippen molar-refractivity contribution in [3.05, 3.63) is 59.2 Å². The molecule has 1 fully saturated rings. The maximum absolute atomic E-state index is 10.0. The van der Waals surface area contributed by atoms with Crippen molar-refractivity contribution >= 4 is 5.69 Å². The number of phenolic OH excluding ortho intramolecular Hbond substituents is 1. The molecule has 25 heavy (non-hydrogen) atoms. The number of aliphatic hydroxyl groups is 1. The zero-order valence-corrected chi connectivity index (χ0v) is 14.9. The molecule has 0 radical (unpaired) electrons. The van der Waals surface area contributed by atoms with Crippen LogP contribution >= 0.6 is 0 Å². The fourth-order valence-electron chi connectivity index (χ4n) is 3.45. The van der Waals surface area contributed by atoms with Gasteiger partial charge in [0, 0.05) is 30.9 Å². The fourth-order valence-corrected chi connectivity index (χ4v) is 3.45. The fraction of sp³-hybridized carbons (Fsp3) is 0.429. The normalized spacial score (nSPS) is 16.1. The van der Waals surface area contributed by atoms with Crippen molar-refractivity contribution in [1.29, 1.82) is 0 Å². The van der Waals surface area contributed by atoms with Crippen LogP contribution in [-0.4, -0.2) is 34.8 Å². The lowest BCUT2D eigenvalue weighted by molar-refractivity contribution is 0.127. The van der Waals surface area contributed by atoms with Crippen molar-refractivity contribution in [2.45, 2.75) is 32.9 Å². The van der Waals surface area contributed by atoms with Crippen LogP contribution in [0.25, 0.3) is 0 Å². The Kier molecular flexibility index (Phi) is 5.95. The van der Waals surface area contributed by atoms with E-state index in [1.54, 1.807) is 6.07 Å². The largest absolute Gasteiger partial charge is 0.508 e. The zero-order valence-electron chi connectivity index (χ0n) is 14.9. The zero-order chi connectivity index (χ0) is 17.6. The van der Waals surface area contributed by atoms with Gasteiger partial charge in [-0.25, -0.2) is 0 Å². The number of aromatic hydroxyl groups is 1. The highest BCUT2D eigenvalue weighted by atomic mass is 16.3. The number of aryl methyl sites for hydroxylation is 1. The van der Waals surface area contributed by atoms with Gasteiger partial charge < -0.3 is 15.5 Å². The van der Waals surface area contributed by atoms with E-state index in [4.69, 9.17) is 0 Å². The van der Waals surface area contributed by atoms with E-state index < -0.39 is 0 Å². The molecular weight excluding hydrogens is 312 g/mol. The van der Waals surface area contributed by atoms with Gasteiger partial charge in [-0.2, -0.15) is 0 Å². The first kappa shape index (κ1) is 17.8. The summed E-state index contributed by atoms with van der Waals surface area (Å²) >= 11 is 0. The number of rotatable bonds is 6. The second-order valence-electron chi connectivity index (χ2n) is 7.04. The minimum absolute atomic E-state index is 0.311. The first-order chi connectivity index (χ1) is 12.2. The number of para-hydroxylation sites is 1. The number of piperidine rings is 1. The molecule has 134 valence electrons. The summed E-state index contributed by atoms with van der Waals surface area (Å²) in [6.07, 6.45) is 2.15. The van der Waals surface area contributed by atoms with E-state index in [-0.39, 0.29) is 0 Å². The first-order valence-corrected chi connectivity index (χ1v) is 9.09. The molecule has 0 spiro atoms. The van der Waals surface area contributed by atoms with Gasteiger partial charge >= 0.3 is 0 Å². The summed E-state index contributed by atoms with van der Waals surface area (Å²) in [4.78, 5) is 2.46. The predicted molar refractivity (Wildman–Crippen MR) is 102 cm³/mol. The molecule has 3 N–H and O–H groups in total. The highest BCUT2D eigenvalue weighted by Crippen LogP contribution is 2.24. The smallest absolute Gasteiger partial charge is 0.120 e. The third-order valence-electron chi connectivity index (χ3n) is 5.08. The number of hydrogen-bond acceptors (Lipinski definition) is 4. The van der Waals surface area contributed by atoms with Crippen LogP contribution < -0.4 is 5.32 Å². The minimum atomic E-state index is 0.311. The molecule has 0 unspecified atom stereocenters. The molecule has 0 saturated carbocycles. The van der Waals surface area contributed by atoms with Gasteiger partial charge in [0.2, 0.25) is 0 Å². The van der Waals surface area contributed by atoms with Crippen LogP contribution in [0.4, 0.5) is 5.69 Å². The SMILES string of the molecule is Cc1ccc(O)c(CNc2ccccc2CN2CCC(CO)CC2)c1. The van der Waals surface area contributed by atoms with Gasteiger partial charge in [0.25, 0.3) is 0 Å². The Bertz CT molecular complexity index is 694. The molecule has 0 bridgehead atoms. The maximum Gasteiger partial charge on any atom is 0.120 e. The number of likely N-dealkylation sites (tertiary alicyclic amines) is 1. The van der Waals surface area contributed by atoms with E-state index in [1.807, 2.05) is 25.1 Å². The van der Waals surface area contributed by atoms with Crippen LogP contribution in [0, 0.1) is 12.8 Å². The van der Waals surface area contributed by atoms with Crippen LogP contribution in [0.15, 0.2) is 42.5 Å². The molecule has 4 heteroatoms. The summed E-state index contributed by atoms with van der Waals surface area (Å²) in [7, 11) is 0. The van der Waals surface area contributed by atoms with E-state index in [1.165, 1.54) is 5.56 Å². The van der Waals surface area contributed by atoms with E-state index in [2.05, 4.69) is 28.4 Å². The molecule has 0 aliphatic carbocycles. The summed E-state index contributed by atoms with van der Waals surface area (Å²) in [6, 6.07) is 14.1. The number of nitrogens with zero attached hydrogens (tertiary/aromatic N) is 1. The monoisotopic (exact) mass is 340 g/mol. The summed E-state index contributed by atoms with van der Waals surface area (Å²) in [6.45, 7) is 5.95. The third-order valence-corrected chi connectivity index (χ3v) is 5.08. The highest BCUT2D eigenvalue weighted by Gasteiger charge is 2.19. The van der Waals surface area contributed by atoms with Crippen molar-refractivity contribution in [2.75, 3.05) is 25.0 Å².